The molecule has 2 unspecified atom stereocenters. The number of hydrogen-bond acceptors (Lipinski definition) is 2. The Bertz CT molecular complexity index is 463. The Labute approximate surface area is 127 Å². The molecule has 0 aliphatic carbocycles. The third-order valence-corrected chi connectivity index (χ3v) is 4.52. The molecule has 0 saturated carbocycles. The molecule has 2 aromatic rings. The molecular weight excluding hydrogens is 262 g/mol. The van der Waals surface area contributed by atoms with Crippen LogP contribution in [0.25, 0.3) is 0 Å². The number of unbranched alkanes of at least 4 members (excludes halogenated alkanes) is 1. The fraction of sp³-hybridized carbons (Fsp3) is 0.444. The topological polar surface area (TPSA) is 12.0 Å². The molecule has 1 nitrogen and oxygen atoms in total. The fourth-order valence-electron chi connectivity index (χ4n) is 2.57. The molecular formula is C18H25NS. The molecule has 0 aliphatic rings. The van der Waals surface area contributed by atoms with Crippen molar-refractivity contribution in [3.63, 3.8) is 0 Å². The Morgan fingerprint density at radius 3 is 2.55 bits per heavy atom. The summed E-state index contributed by atoms with van der Waals surface area (Å²) >= 11 is 1.85. The minimum Gasteiger partial charge on any atom is -0.307 e. The van der Waals surface area contributed by atoms with Gasteiger partial charge in [0.15, 0.2) is 0 Å². The molecule has 0 radical (unpaired) electrons. The summed E-state index contributed by atoms with van der Waals surface area (Å²) in [5, 5.41) is 5.97. The maximum Gasteiger partial charge on any atom is 0.0322 e. The summed E-state index contributed by atoms with van der Waals surface area (Å²) in [6, 6.07) is 16.2. The highest BCUT2D eigenvalue weighted by atomic mass is 32.1. The zero-order valence-corrected chi connectivity index (χ0v) is 13.3. The summed E-state index contributed by atoms with van der Waals surface area (Å²) in [7, 11) is 0. The highest BCUT2D eigenvalue weighted by molar-refractivity contribution is 7.09. The predicted octanol–water partition coefficient (Wildman–Crippen LogP) is 5.20. The lowest BCUT2D eigenvalue weighted by Gasteiger charge is -2.23. The highest BCUT2D eigenvalue weighted by Gasteiger charge is 2.14. The van der Waals surface area contributed by atoms with Gasteiger partial charge in [-0.25, -0.2) is 0 Å². The summed E-state index contributed by atoms with van der Waals surface area (Å²) in [5.41, 5.74) is 1.42. The van der Waals surface area contributed by atoms with Crippen LogP contribution < -0.4 is 5.32 Å². The van der Waals surface area contributed by atoms with Gasteiger partial charge in [-0.3, -0.25) is 0 Å². The lowest BCUT2D eigenvalue weighted by atomic mass is 10.00. The van der Waals surface area contributed by atoms with E-state index in [2.05, 4.69) is 67.0 Å². The van der Waals surface area contributed by atoms with Crippen molar-refractivity contribution in [1.29, 1.82) is 0 Å². The first-order valence-corrected chi connectivity index (χ1v) is 8.51. The monoisotopic (exact) mass is 287 g/mol. The van der Waals surface area contributed by atoms with Crippen LogP contribution in [-0.2, 0) is 6.42 Å². The van der Waals surface area contributed by atoms with Crippen LogP contribution in [0.5, 0.6) is 0 Å². The lowest BCUT2D eigenvalue weighted by molar-refractivity contribution is 0.423. The van der Waals surface area contributed by atoms with Gasteiger partial charge in [0.2, 0.25) is 0 Å². The van der Waals surface area contributed by atoms with E-state index in [1.165, 1.54) is 29.7 Å². The van der Waals surface area contributed by atoms with Crippen molar-refractivity contribution >= 4 is 11.3 Å². The van der Waals surface area contributed by atoms with E-state index in [1.807, 2.05) is 11.3 Å². The van der Waals surface area contributed by atoms with Crippen LogP contribution in [0.1, 0.15) is 49.6 Å². The maximum atomic E-state index is 3.81. The Hall–Kier alpha value is -1.12. The van der Waals surface area contributed by atoms with Crippen molar-refractivity contribution in [3.8, 4) is 0 Å². The summed E-state index contributed by atoms with van der Waals surface area (Å²) in [6.45, 7) is 4.55. The smallest absolute Gasteiger partial charge is 0.0322 e. The maximum absolute atomic E-state index is 3.81. The van der Waals surface area contributed by atoms with Gasteiger partial charge in [-0.15, -0.1) is 11.3 Å². The van der Waals surface area contributed by atoms with Crippen LogP contribution in [0, 0.1) is 0 Å². The van der Waals surface area contributed by atoms with E-state index >= 15 is 0 Å². The number of hydrogen-bond donors (Lipinski definition) is 1. The van der Waals surface area contributed by atoms with E-state index in [9.17, 15) is 0 Å². The Kier molecular flexibility index (Phi) is 6.28. The van der Waals surface area contributed by atoms with Crippen LogP contribution >= 0.6 is 11.3 Å². The van der Waals surface area contributed by atoms with Crippen molar-refractivity contribution in [3.05, 3.63) is 58.3 Å². The normalized spacial score (nSPS) is 14.1. The van der Waals surface area contributed by atoms with Crippen LogP contribution in [0.2, 0.25) is 0 Å². The second-order valence-electron chi connectivity index (χ2n) is 5.46. The predicted molar refractivity (Wildman–Crippen MR) is 89.3 cm³/mol. The van der Waals surface area contributed by atoms with Crippen molar-refractivity contribution in [1.82, 2.24) is 5.32 Å². The average Bonchev–Trinajstić information content (AvgIpc) is 2.97. The van der Waals surface area contributed by atoms with Gasteiger partial charge in [-0.2, -0.15) is 0 Å². The molecule has 1 aromatic heterocycles. The molecule has 1 heterocycles. The number of rotatable bonds is 8. The van der Waals surface area contributed by atoms with Crippen LogP contribution in [-0.4, -0.2) is 6.04 Å². The molecule has 1 aromatic carbocycles. The SMILES string of the molecule is CCCCC(NC(C)Cc1cccs1)c1ccccc1. The Balaban J connectivity index is 1.96. The van der Waals surface area contributed by atoms with E-state index in [0.717, 1.165) is 6.42 Å². The van der Waals surface area contributed by atoms with Crippen LogP contribution in [0.4, 0.5) is 0 Å². The standard InChI is InChI=1S/C18H25NS/c1-3-4-12-18(16-9-6-5-7-10-16)19-15(2)14-17-11-8-13-20-17/h5-11,13,15,18-19H,3-4,12,14H2,1-2H3. The Morgan fingerprint density at radius 1 is 1.10 bits per heavy atom. The largest absolute Gasteiger partial charge is 0.307 e. The summed E-state index contributed by atoms with van der Waals surface area (Å²) in [4.78, 5) is 1.47. The number of nitrogens with one attached hydrogen (secondary N) is 1. The molecule has 0 bridgehead atoms. The molecule has 20 heavy (non-hydrogen) atoms. The summed E-state index contributed by atoms with van der Waals surface area (Å²) in [6.07, 6.45) is 4.87. The molecule has 108 valence electrons. The molecule has 1 N–H and O–H groups in total. The second kappa shape index (κ2) is 8.23. The first-order chi connectivity index (χ1) is 9.79. The lowest BCUT2D eigenvalue weighted by Crippen LogP contribution is -2.32. The quantitative estimate of drug-likeness (QED) is 0.703. The second-order valence-corrected chi connectivity index (χ2v) is 6.49. The molecule has 0 amide bonds. The summed E-state index contributed by atoms with van der Waals surface area (Å²) < 4.78 is 0. The summed E-state index contributed by atoms with van der Waals surface area (Å²) in [5.74, 6) is 0. The van der Waals surface area contributed by atoms with E-state index in [4.69, 9.17) is 0 Å². The third kappa shape index (κ3) is 4.77. The minimum atomic E-state index is 0.478. The molecule has 2 rings (SSSR count). The van der Waals surface area contributed by atoms with Gasteiger partial charge in [-0.1, -0.05) is 56.2 Å². The first kappa shape index (κ1) is 15.3. The molecule has 0 aliphatic heterocycles. The van der Waals surface area contributed by atoms with E-state index in [-0.39, 0.29) is 0 Å². The van der Waals surface area contributed by atoms with Gasteiger partial charge < -0.3 is 5.32 Å². The number of thiophene rings is 1. The zero-order chi connectivity index (χ0) is 14.2. The average molecular weight is 287 g/mol. The van der Waals surface area contributed by atoms with Crippen molar-refractivity contribution in [2.45, 2.75) is 51.6 Å². The third-order valence-electron chi connectivity index (χ3n) is 3.62. The molecule has 0 spiro atoms. The van der Waals surface area contributed by atoms with Crippen molar-refractivity contribution < 1.29 is 0 Å². The van der Waals surface area contributed by atoms with E-state index in [0.29, 0.717) is 12.1 Å². The van der Waals surface area contributed by atoms with E-state index in [1.54, 1.807) is 0 Å². The van der Waals surface area contributed by atoms with Crippen molar-refractivity contribution in [2.24, 2.45) is 0 Å². The molecule has 2 atom stereocenters. The van der Waals surface area contributed by atoms with Gasteiger partial charge >= 0.3 is 0 Å². The van der Waals surface area contributed by atoms with Gasteiger partial charge in [0.1, 0.15) is 0 Å². The number of benzene rings is 1. The van der Waals surface area contributed by atoms with Crippen LogP contribution in [0.3, 0.4) is 0 Å². The van der Waals surface area contributed by atoms with Gasteiger partial charge in [0, 0.05) is 17.0 Å². The highest BCUT2D eigenvalue weighted by Crippen LogP contribution is 2.21. The first-order valence-electron chi connectivity index (χ1n) is 7.63. The van der Waals surface area contributed by atoms with Gasteiger partial charge in [-0.05, 0) is 36.8 Å². The molecule has 0 fully saturated rings. The van der Waals surface area contributed by atoms with Crippen molar-refractivity contribution in [2.75, 3.05) is 0 Å². The fourth-order valence-corrected chi connectivity index (χ4v) is 3.41. The Morgan fingerprint density at radius 2 is 1.90 bits per heavy atom. The zero-order valence-electron chi connectivity index (χ0n) is 12.5. The van der Waals surface area contributed by atoms with Gasteiger partial charge in [0.05, 0.1) is 0 Å². The minimum absolute atomic E-state index is 0.478. The molecule has 2 heteroatoms. The van der Waals surface area contributed by atoms with Crippen LogP contribution in [0.15, 0.2) is 47.8 Å². The molecule has 0 saturated heterocycles. The van der Waals surface area contributed by atoms with Gasteiger partial charge in [0.25, 0.3) is 0 Å². The van der Waals surface area contributed by atoms with E-state index < -0.39 is 0 Å².